The van der Waals surface area contributed by atoms with Crippen molar-refractivity contribution >= 4 is 0 Å². The molecule has 0 radical (unpaired) electrons. The second-order valence-electron chi connectivity index (χ2n) is 5.91. The quantitative estimate of drug-likeness (QED) is 0.779. The van der Waals surface area contributed by atoms with Gasteiger partial charge in [0.05, 0.1) is 7.11 Å². The van der Waals surface area contributed by atoms with Crippen molar-refractivity contribution in [1.29, 1.82) is 0 Å². The highest BCUT2D eigenvalue weighted by Gasteiger charge is 2.26. The Hall–Kier alpha value is -1.02. The molecule has 0 saturated heterocycles. The summed E-state index contributed by atoms with van der Waals surface area (Å²) in [5.41, 5.74) is 1.39. The summed E-state index contributed by atoms with van der Waals surface area (Å²) in [7, 11) is 1.79. The molecule has 2 heteroatoms. The van der Waals surface area contributed by atoms with E-state index < -0.39 is 0 Å². The fourth-order valence-corrected chi connectivity index (χ4v) is 3.52. The average Bonchev–Trinajstić information content (AvgIpc) is 2.77. The zero-order chi connectivity index (χ0) is 14.2. The number of benzene rings is 1. The van der Waals surface area contributed by atoms with E-state index in [9.17, 15) is 0 Å². The Balaban J connectivity index is 2.20. The smallest absolute Gasteiger partial charge is 0.122 e. The molecule has 1 N–H and O–H groups in total. The van der Waals surface area contributed by atoms with Crippen molar-refractivity contribution < 1.29 is 4.74 Å². The topological polar surface area (TPSA) is 21.3 Å². The predicted molar refractivity (Wildman–Crippen MR) is 85.5 cm³/mol. The van der Waals surface area contributed by atoms with Crippen LogP contribution >= 0.6 is 0 Å². The van der Waals surface area contributed by atoms with Crippen molar-refractivity contribution in [2.75, 3.05) is 20.2 Å². The highest BCUT2D eigenvalue weighted by atomic mass is 16.5. The Labute approximate surface area is 123 Å². The molecular weight excluding hydrogens is 246 g/mol. The van der Waals surface area contributed by atoms with Crippen LogP contribution < -0.4 is 10.1 Å². The maximum atomic E-state index is 5.60. The van der Waals surface area contributed by atoms with E-state index in [0.29, 0.717) is 5.92 Å². The average molecular weight is 275 g/mol. The molecule has 1 atom stereocenters. The first kappa shape index (κ1) is 15.4. The van der Waals surface area contributed by atoms with Crippen molar-refractivity contribution in [3.63, 3.8) is 0 Å². The van der Waals surface area contributed by atoms with Crippen LogP contribution in [0.2, 0.25) is 0 Å². The minimum absolute atomic E-state index is 0.587. The molecule has 0 bridgehead atoms. The molecule has 1 aromatic carbocycles. The van der Waals surface area contributed by atoms with E-state index in [2.05, 4.69) is 36.5 Å². The summed E-state index contributed by atoms with van der Waals surface area (Å²) in [4.78, 5) is 0. The highest BCUT2D eigenvalue weighted by molar-refractivity contribution is 5.37. The molecule has 0 heterocycles. The molecule has 0 spiro atoms. The SMILES string of the molecule is CCNCC(c1ccccc1OC)C1CCCCCC1. The molecule has 2 rings (SSSR count). The second-order valence-corrected chi connectivity index (χ2v) is 5.91. The molecule has 112 valence electrons. The monoisotopic (exact) mass is 275 g/mol. The Bertz CT molecular complexity index is 383. The fraction of sp³-hybridized carbons (Fsp3) is 0.667. The lowest BCUT2D eigenvalue weighted by molar-refractivity contribution is 0.345. The molecule has 1 aliphatic carbocycles. The minimum Gasteiger partial charge on any atom is -0.496 e. The molecule has 2 nitrogen and oxygen atoms in total. The van der Waals surface area contributed by atoms with Crippen molar-refractivity contribution in [2.45, 2.75) is 51.4 Å². The van der Waals surface area contributed by atoms with E-state index >= 15 is 0 Å². The lowest BCUT2D eigenvalue weighted by Gasteiger charge is -2.28. The summed E-state index contributed by atoms with van der Waals surface area (Å²) in [6.45, 7) is 4.30. The largest absolute Gasteiger partial charge is 0.496 e. The molecule has 1 aliphatic rings. The van der Waals surface area contributed by atoms with Gasteiger partial charge in [-0.25, -0.2) is 0 Å². The summed E-state index contributed by atoms with van der Waals surface area (Å²) in [5, 5.41) is 3.56. The first-order chi connectivity index (χ1) is 9.86. The molecule has 1 unspecified atom stereocenters. The molecule has 1 aromatic rings. The van der Waals surface area contributed by atoms with E-state index in [1.807, 2.05) is 0 Å². The van der Waals surface area contributed by atoms with Gasteiger partial charge >= 0.3 is 0 Å². The molecule has 0 amide bonds. The van der Waals surface area contributed by atoms with Crippen molar-refractivity contribution in [2.24, 2.45) is 5.92 Å². The third-order valence-corrected chi connectivity index (χ3v) is 4.62. The Morgan fingerprint density at radius 1 is 1.15 bits per heavy atom. The lowest BCUT2D eigenvalue weighted by atomic mass is 9.81. The minimum atomic E-state index is 0.587. The summed E-state index contributed by atoms with van der Waals surface area (Å²) >= 11 is 0. The summed E-state index contributed by atoms with van der Waals surface area (Å²) in [6.07, 6.45) is 8.35. The first-order valence-electron chi connectivity index (χ1n) is 8.20. The second kappa shape index (κ2) is 8.31. The molecular formula is C18H29NO. The molecule has 20 heavy (non-hydrogen) atoms. The Kier molecular flexibility index (Phi) is 6.38. The van der Waals surface area contributed by atoms with Gasteiger partial charge < -0.3 is 10.1 Å². The number of para-hydroxylation sites is 1. The van der Waals surface area contributed by atoms with Gasteiger partial charge in [-0.2, -0.15) is 0 Å². The van der Waals surface area contributed by atoms with Crippen molar-refractivity contribution in [1.82, 2.24) is 5.32 Å². The van der Waals surface area contributed by atoms with E-state index in [0.717, 1.165) is 24.8 Å². The number of ether oxygens (including phenoxy) is 1. The highest BCUT2D eigenvalue weighted by Crippen LogP contribution is 2.38. The fourth-order valence-electron chi connectivity index (χ4n) is 3.52. The van der Waals surface area contributed by atoms with E-state index in [4.69, 9.17) is 4.74 Å². The van der Waals surface area contributed by atoms with Gasteiger partial charge in [-0.15, -0.1) is 0 Å². The number of methoxy groups -OCH3 is 1. The van der Waals surface area contributed by atoms with Crippen LogP contribution in [0.3, 0.4) is 0 Å². The summed E-state index contributed by atoms with van der Waals surface area (Å²) in [6, 6.07) is 8.57. The van der Waals surface area contributed by atoms with E-state index in [1.165, 1.54) is 44.1 Å². The van der Waals surface area contributed by atoms with Crippen LogP contribution in [0.25, 0.3) is 0 Å². The third kappa shape index (κ3) is 3.99. The van der Waals surface area contributed by atoms with E-state index in [1.54, 1.807) is 7.11 Å². The van der Waals surface area contributed by atoms with Gasteiger partial charge in [0.1, 0.15) is 5.75 Å². The van der Waals surface area contributed by atoms with Crippen LogP contribution in [0.15, 0.2) is 24.3 Å². The number of hydrogen-bond donors (Lipinski definition) is 1. The normalized spacial score (nSPS) is 18.5. The van der Waals surface area contributed by atoms with Gasteiger partial charge in [0.2, 0.25) is 0 Å². The standard InChI is InChI=1S/C18H29NO/c1-3-19-14-17(15-10-6-4-5-7-11-15)16-12-8-9-13-18(16)20-2/h8-9,12-13,15,17,19H,3-7,10-11,14H2,1-2H3. The lowest BCUT2D eigenvalue weighted by Crippen LogP contribution is -2.27. The first-order valence-corrected chi connectivity index (χ1v) is 8.20. The van der Waals surface area contributed by atoms with Crippen molar-refractivity contribution in [3.05, 3.63) is 29.8 Å². The Morgan fingerprint density at radius 2 is 1.85 bits per heavy atom. The molecule has 0 aromatic heterocycles. The van der Waals surface area contributed by atoms with Crippen LogP contribution in [-0.2, 0) is 0 Å². The number of rotatable bonds is 6. The van der Waals surface area contributed by atoms with Gasteiger partial charge in [0.15, 0.2) is 0 Å². The van der Waals surface area contributed by atoms with Gasteiger partial charge in [0, 0.05) is 12.5 Å². The molecule has 1 saturated carbocycles. The summed E-state index contributed by atoms with van der Waals surface area (Å²) in [5.74, 6) is 2.44. The molecule has 0 aliphatic heterocycles. The van der Waals surface area contributed by atoms with Crippen LogP contribution in [-0.4, -0.2) is 20.2 Å². The van der Waals surface area contributed by atoms with Crippen LogP contribution in [0.4, 0.5) is 0 Å². The van der Waals surface area contributed by atoms with Gasteiger partial charge in [-0.1, -0.05) is 50.8 Å². The van der Waals surface area contributed by atoms with Crippen LogP contribution in [0, 0.1) is 5.92 Å². The maximum absolute atomic E-state index is 5.60. The molecule has 1 fully saturated rings. The zero-order valence-electron chi connectivity index (χ0n) is 13.0. The Morgan fingerprint density at radius 3 is 2.50 bits per heavy atom. The van der Waals surface area contributed by atoms with Gasteiger partial charge in [0.25, 0.3) is 0 Å². The number of nitrogens with one attached hydrogen (secondary N) is 1. The van der Waals surface area contributed by atoms with Gasteiger partial charge in [-0.3, -0.25) is 0 Å². The third-order valence-electron chi connectivity index (χ3n) is 4.62. The summed E-state index contributed by atoms with van der Waals surface area (Å²) < 4.78 is 5.60. The van der Waals surface area contributed by atoms with Gasteiger partial charge in [-0.05, 0) is 36.9 Å². The van der Waals surface area contributed by atoms with Crippen LogP contribution in [0.1, 0.15) is 56.9 Å². The van der Waals surface area contributed by atoms with Crippen LogP contribution in [0.5, 0.6) is 5.75 Å². The maximum Gasteiger partial charge on any atom is 0.122 e. The number of hydrogen-bond acceptors (Lipinski definition) is 2. The zero-order valence-corrected chi connectivity index (χ0v) is 13.0. The van der Waals surface area contributed by atoms with Crippen molar-refractivity contribution in [3.8, 4) is 5.75 Å². The number of likely N-dealkylation sites (N-methyl/N-ethyl adjacent to an activating group) is 1. The predicted octanol–water partition coefficient (Wildman–Crippen LogP) is 4.36. The van der Waals surface area contributed by atoms with E-state index in [-0.39, 0.29) is 0 Å².